The van der Waals surface area contributed by atoms with Crippen LogP contribution >= 0.6 is 0 Å². The van der Waals surface area contributed by atoms with Crippen molar-refractivity contribution >= 4 is 17.4 Å². The number of aliphatic hydroxyl groups is 1. The molecule has 0 bridgehead atoms. The molecule has 0 unspecified atom stereocenters. The number of rotatable bonds is 6. The van der Waals surface area contributed by atoms with E-state index in [2.05, 4.69) is 0 Å². The molecule has 0 aliphatic carbocycles. The summed E-state index contributed by atoms with van der Waals surface area (Å²) in [5.74, 6) is -1.18. The number of hydrogen-bond donors (Lipinski definition) is 1. The van der Waals surface area contributed by atoms with Gasteiger partial charge in [0, 0.05) is 5.56 Å². The highest BCUT2D eigenvalue weighted by Crippen LogP contribution is 2.42. The molecule has 1 aromatic heterocycles. The number of nitrogens with zero attached hydrogens (tertiary/aromatic N) is 1. The van der Waals surface area contributed by atoms with Gasteiger partial charge in [-0.1, -0.05) is 6.07 Å². The van der Waals surface area contributed by atoms with E-state index in [1.54, 1.807) is 30.3 Å². The maximum atomic E-state index is 13.4. The van der Waals surface area contributed by atoms with E-state index < -0.39 is 29.3 Å². The van der Waals surface area contributed by atoms with Crippen molar-refractivity contribution in [1.82, 2.24) is 4.90 Å². The molecule has 1 saturated heterocycles. The third kappa shape index (κ3) is 3.71. The topological polar surface area (TPSA) is 89.2 Å². The minimum Gasteiger partial charge on any atom is -0.507 e. The smallest absolute Gasteiger partial charge is 0.296 e. The molecule has 1 fully saturated rings. The SMILES string of the molecule is COc1ccc([C@H]2C(=C(O)c3ccc(F)cc3)C(=O)C(=O)N2Cc2ccco2)cc1OC. The van der Waals surface area contributed by atoms with Gasteiger partial charge in [-0.15, -0.1) is 0 Å². The van der Waals surface area contributed by atoms with Crippen LogP contribution in [0.2, 0.25) is 0 Å². The second-order valence-corrected chi connectivity index (χ2v) is 7.13. The zero-order chi connectivity index (χ0) is 22.8. The molecule has 0 spiro atoms. The lowest BCUT2D eigenvalue weighted by Crippen LogP contribution is -2.29. The lowest BCUT2D eigenvalue weighted by atomic mass is 9.95. The highest BCUT2D eigenvalue weighted by Gasteiger charge is 2.46. The van der Waals surface area contributed by atoms with Gasteiger partial charge in [-0.2, -0.15) is 0 Å². The molecule has 164 valence electrons. The van der Waals surface area contributed by atoms with Crippen LogP contribution in [0.4, 0.5) is 4.39 Å². The molecule has 1 aliphatic rings. The summed E-state index contributed by atoms with van der Waals surface area (Å²) in [4.78, 5) is 27.3. The Morgan fingerprint density at radius 2 is 1.78 bits per heavy atom. The molecule has 1 aliphatic heterocycles. The predicted octanol–water partition coefficient (Wildman–Crippen LogP) is 4.06. The Morgan fingerprint density at radius 1 is 1.06 bits per heavy atom. The summed E-state index contributed by atoms with van der Waals surface area (Å²) >= 11 is 0. The lowest BCUT2D eigenvalue weighted by Gasteiger charge is -2.25. The van der Waals surface area contributed by atoms with Crippen LogP contribution < -0.4 is 9.47 Å². The van der Waals surface area contributed by atoms with Gasteiger partial charge in [0.25, 0.3) is 11.7 Å². The van der Waals surface area contributed by atoms with Crippen molar-refractivity contribution in [3.05, 3.63) is 89.1 Å². The average Bonchev–Trinajstić information content (AvgIpc) is 3.41. The Bertz CT molecular complexity index is 1180. The van der Waals surface area contributed by atoms with Crippen LogP contribution in [0.1, 0.15) is 22.9 Å². The highest BCUT2D eigenvalue weighted by molar-refractivity contribution is 6.46. The Kier molecular flexibility index (Phi) is 5.68. The van der Waals surface area contributed by atoms with Crippen LogP contribution in [0.5, 0.6) is 11.5 Å². The maximum Gasteiger partial charge on any atom is 0.296 e. The number of hydrogen-bond acceptors (Lipinski definition) is 6. The van der Waals surface area contributed by atoms with E-state index in [4.69, 9.17) is 13.9 Å². The van der Waals surface area contributed by atoms with Crippen LogP contribution in [0.15, 0.2) is 70.9 Å². The van der Waals surface area contributed by atoms with Gasteiger partial charge in [0.05, 0.1) is 38.6 Å². The van der Waals surface area contributed by atoms with Gasteiger partial charge in [-0.05, 0) is 54.1 Å². The van der Waals surface area contributed by atoms with E-state index in [1.807, 2.05) is 0 Å². The first-order valence-electron chi connectivity index (χ1n) is 9.73. The minimum absolute atomic E-state index is 0.0107. The quantitative estimate of drug-likeness (QED) is 0.355. The van der Waals surface area contributed by atoms with Crippen molar-refractivity contribution < 1.29 is 33.0 Å². The summed E-state index contributed by atoms with van der Waals surface area (Å²) in [7, 11) is 2.97. The molecule has 0 radical (unpaired) electrons. The molecule has 32 heavy (non-hydrogen) atoms. The fourth-order valence-corrected chi connectivity index (χ4v) is 3.75. The first-order valence-corrected chi connectivity index (χ1v) is 9.73. The Hall–Kier alpha value is -4.07. The standard InChI is InChI=1S/C24H20FNO6/c1-30-18-10-7-15(12-19(18)31-2)21-20(22(27)14-5-8-16(25)9-6-14)23(28)24(29)26(21)13-17-4-3-11-32-17/h3-12,21,27H,13H2,1-2H3/t21-/m0/s1. The molecular formula is C24H20FNO6. The van der Waals surface area contributed by atoms with Crippen molar-refractivity contribution in [2.45, 2.75) is 12.6 Å². The normalized spacial score (nSPS) is 17.6. The number of carbonyl (C=O) groups is 2. The van der Waals surface area contributed by atoms with E-state index >= 15 is 0 Å². The molecule has 3 aromatic rings. The average molecular weight is 437 g/mol. The number of ketones is 1. The molecule has 2 heterocycles. The highest BCUT2D eigenvalue weighted by atomic mass is 19.1. The first kappa shape index (κ1) is 21.2. The van der Waals surface area contributed by atoms with E-state index in [-0.39, 0.29) is 17.7 Å². The van der Waals surface area contributed by atoms with Gasteiger partial charge in [0.15, 0.2) is 11.5 Å². The second kappa shape index (κ2) is 8.58. The van der Waals surface area contributed by atoms with Crippen molar-refractivity contribution in [3.8, 4) is 11.5 Å². The molecule has 4 rings (SSSR count). The Morgan fingerprint density at radius 3 is 2.41 bits per heavy atom. The van der Waals surface area contributed by atoms with Gasteiger partial charge in [-0.25, -0.2) is 4.39 Å². The van der Waals surface area contributed by atoms with Crippen LogP contribution in [-0.2, 0) is 16.1 Å². The summed E-state index contributed by atoms with van der Waals surface area (Å²) in [5, 5.41) is 11.0. The molecular weight excluding hydrogens is 417 g/mol. The van der Waals surface area contributed by atoms with Crippen LogP contribution in [0, 0.1) is 5.82 Å². The zero-order valence-electron chi connectivity index (χ0n) is 17.4. The monoisotopic (exact) mass is 437 g/mol. The van der Waals surface area contributed by atoms with Gasteiger partial charge in [0.1, 0.15) is 17.3 Å². The zero-order valence-corrected chi connectivity index (χ0v) is 17.4. The minimum atomic E-state index is -0.926. The van der Waals surface area contributed by atoms with E-state index in [9.17, 15) is 19.1 Å². The Labute approximate surface area is 183 Å². The van der Waals surface area contributed by atoms with Crippen molar-refractivity contribution in [1.29, 1.82) is 0 Å². The van der Waals surface area contributed by atoms with E-state index in [0.29, 0.717) is 22.8 Å². The van der Waals surface area contributed by atoms with Crippen LogP contribution in [0.25, 0.3) is 5.76 Å². The molecule has 1 amide bonds. The number of ether oxygens (including phenoxy) is 2. The second-order valence-electron chi connectivity index (χ2n) is 7.13. The summed E-state index contributed by atoms with van der Waals surface area (Å²) < 4.78 is 29.4. The maximum absolute atomic E-state index is 13.4. The number of methoxy groups -OCH3 is 2. The summed E-state index contributed by atoms with van der Waals surface area (Å²) in [6.07, 6.45) is 1.47. The van der Waals surface area contributed by atoms with Gasteiger partial charge in [-0.3, -0.25) is 9.59 Å². The van der Waals surface area contributed by atoms with Crippen molar-refractivity contribution in [2.75, 3.05) is 14.2 Å². The third-order valence-corrected chi connectivity index (χ3v) is 5.29. The number of Topliss-reactive ketones (excluding diaryl/α,β-unsaturated/α-hetero) is 1. The summed E-state index contributed by atoms with van der Waals surface area (Å²) in [6, 6.07) is 12.4. The number of amides is 1. The number of aliphatic hydroxyl groups excluding tert-OH is 1. The molecule has 8 heteroatoms. The fourth-order valence-electron chi connectivity index (χ4n) is 3.75. The van der Waals surface area contributed by atoms with Gasteiger partial charge >= 0.3 is 0 Å². The molecule has 0 saturated carbocycles. The van der Waals surface area contributed by atoms with Gasteiger partial charge < -0.3 is 23.9 Å². The van der Waals surface area contributed by atoms with E-state index in [0.717, 1.165) is 0 Å². The van der Waals surface area contributed by atoms with Crippen molar-refractivity contribution in [2.24, 2.45) is 0 Å². The van der Waals surface area contributed by atoms with Crippen LogP contribution in [-0.4, -0.2) is 35.9 Å². The molecule has 7 nitrogen and oxygen atoms in total. The predicted molar refractivity (Wildman–Crippen MR) is 113 cm³/mol. The summed E-state index contributed by atoms with van der Waals surface area (Å²) in [5.41, 5.74) is 0.630. The number of furan rings is 1. The number of likely N-dealkylation sites (tertiary alicyclic amines) is 1. The van der Waals surface area contributed by atoms with Crippen LogP contribution in [0.3, 0.4) is 0 Å². The molecule has 2 aromatic carbocycles. The fraction of sp³-hybridized carbons (Fsp3) is 0.167. The number of carbonyl (C=O) groups excluding carboxylic acids is 2. The van der Waals surface area contributed by atoms with E-state index in [1.165, 1.54) is 49.6 Å². The number of benzene rings is 2. The summed E-state index contributed by atoms with van der Waals surface area (Å²) in [6.45, 7) is 0.0107. The lowest BCUT2D eigenvalue weighted by molar-refractivity contribution is -0.140. The number of halogens is 1. The largest absolute Gasteiger partial charge is 0.507 e. The van der Waals surface area contributed by atoms with Crippen molar-refractivity contribution in [3.63, 3.8) is 0 Å². The Balaban J connectivity index is 1.89. The molecule has 1 N–H and O–H groups in total. The third-order valence-electron chi connectivity index (χ3n) is 5.29. The first-order chi connectivity index (χ1) is 15.4. The van der Waals surface area contributed by atoms with Gasteiger partial charge in [0.2, 0.25) is 0 Å². The molecule has 1 atom stereocenters.